The van der Waals surface area contributed by atoms with E-state index in [-0.39, 0.29) is 5.97 Å². The molecule has 0 aromatic heterocycles. The number of hydrogen-bond donors (Lipinski definition) is 1. The Labute approximate surface area is 167 Å². The lowest BCUT2D eigenvalue weighted by atomic mass is 10.0. The molecule has 0 radical (unpaired) electrons. The third-order valence-corrected chi connectivity index (χ3v) is 4.86. The Bertz CT molecular complexity index is 800. The molecule has 3 rings (SSSR count). The van der Waals surface area contributed by atoms with E-state index in [4.69, 9.17) is 9.47 Å². The molecule has 0 saturated carbocycles. The summed E-state index contributed by atoms with van der Waals surface area (Å²) >= 11 is 0. The molecule has 1 heterocycles. The van der Waals surface area contributed by atoms with Gasteiger partial charge >= 0.3 is 5.97 Å². The van der Waals surface area contributed by atoms with Gasteiger partial charge in [-0.05, 0) is 36.6 Å². The first kappa shape index (κ1) is 20.0. The number of benzene rings is 2. The quantitative estimate of drug-likeness (QED) is 0.711. The first-order valence-electron chi connectivity index (χ1n) is 9.71. The topological polar surface area (TPSA) is 50.8 Å². The van der Waals surface area contributed by atoms with Crippen LogP contribution < -0.4 is 10.1 Å². The van der Waals surface area contributed by atoms with Gasteiger partial charge in [-0.25, -0.2) is 4.79 Å². The second-order valence-electron chi connectivity index (χ2n) is 6.83. The Hall–Kier alpha value is -2.79. The monoisotopic (exact) mass is 380 g/mol. The summed E-state index contributed by atoms with van der Waals surface area (Å²) in [6.07, 6.45) is 0.691. The van der Waals surface area contributed by atoms with Crippen LogP contribution in [0.2, 0.25) is 0 Å². The third kappa shape index (κ3) is 5.36. The molecule has 28 heavy (non-hydrogen) atoms. The number of nitrogens with one attached hydrogen (secondary N) is 1. The summed E-state index contributed by atoms with van der Waals surface area (Å²) in [5.41, 5.74) is 4.13. The molecular formula is C23H28N2O3. The van der Waals surface area contributed by atoms with Crippen molar-refractivity contribution >= 4 is 5.97 Å². The predicted octanol–water partition coefficient (Wildman–Crippen LogP) is 3.51. The molecule has 0 aliphatic carbocycles. The van der Waals surface area contributed by atoms with E-state index in [2.05, 4.69) is 34.5 Å². The predicted molar refractivity (Wildman–Crippen MR) is 110 cm³/mol. The van der Waals surface area contributed by atoms with Gasteiger partial charge in [-0.2, -0.15) is 0 Å². The molecule has 148 valence electrons. The first-order chi connectivity index (χ1) is 13.7. The molecule has 0 fully saturated rings. The first-order valence-corrected chi connectivity index (χ1v) is 9.71. The summed E-state index contributed by atoms with van der Waals surface area (Å²) in [6, 6.07) is 18.4. The SMILES string of the molecule is CCOC(=O)C1=C(NCc2ccc(OC)cc2)CN(Cc2ccccc2)CC1. The maximum atomic E-state index is 12.4. The van der Waals surface area contributed by atoms with Crippen LogP contribution >= 0.6 is 0 Å². The fraction of sp³-hybridized carbons (Fsp3) is 0.348. The lowest BCUT2D eigenvalue weighted by molar-refractivity contribution is -0.139. The van der Waals surface area contributed by atoms with E-state index in [0.29, 0.717) is 26.1 Å². The van der Waals surface area contributed by atoms with Crippen LogP contribution in [-0.2, 0) is 22.6 Å². The Balaban J connectivity index is 1.71. The van der Waals surface area contributed by atoms with Gasteiger partial charge < -0.3 is 14.8 Å². The lowest BCUT2D eigenvalue weighted by Gasteiger charge is -2.30. The summed E-state index contributed by atoms with van der Waals surface area (Å²) in [5.74, 6) is 0.626. The van der Waals surface area contributed by atoms with Crippen molar-refractivity contribution in [3.05, 3.63) is 77.0 Å². The molecule has 5 nitrogen and oxygen atoms in total. The Morgan fingerprint density at radius 3 is 2.50 bits per heavy atom. The fourth-order valence-corrected chi connectivity index (χ4v) is 3.35. The second kappa shape index (κ2) is 9.95. The molecule has 1 N–H and O–H groups in total. The van der Waals surface area contributed by atoms with Crippen molar-refractivity contribution in [3.8, 4) is 5.75 Å². The zero-order valence-corrected chi connectivity index (χ0v) is 16.6. The van der Waals surface area contributed by atoms with Crippen LogP contribution in [0.1, 0.15) is 24.5 Å². The van der Waals surface area contributed by atoms with Crippen LogP contribution in [-0.4, -0.2) is 37.7 Å². The highest BCUT2D eigenvalue weighted by molar-refractivity contribution is 5.89. The van der Waals surface area contributed by atoms with Gasteiger partial charge in [0.25, 0.3) is 0 Å². The molecular weight excluding hydrogens is 352 g/mol. The highest BCUT2D eigenvalue weighted by atomic mass is 16.5. The second-order valence-corrected chi connectivity index (χ2v) is 6.83. The normalized spacial score (nSPS) is 14.6. The lowest BCUT2D eigenvalue weighted by Crippen LogP contribution is -2.37. The van der Waals surface area contributed by atoms with E-state index in [1.54, 1.807) is 7.11 Å². The van der Waals surface area contributed by atoms with Crippen LogP contribution in [0.4, 0.5) is 0 Å². The number of rotatable bonds is 8. The third-order valence-electron chi connectivity index (χ3n) is 4.86. The Kier molecular flexibility index (Phi) is 7.09. The molecule has 0 atom stereocenters. The van der Waals surface area contributed by atoms with Gasteiger partial charge in [-0.1, -0.05) is 42.5 Å². The minimum atomic E-state index is -0.209. The number of carbonyl (C=O) groups is 1. The number of nitrogens with zero attached hydrogens (tertiary/aromatic N) is 1. The van der Waals surface area contributed by atoms with Crippen molar-refractivity contribution in [2.75, 3.05) is 26.8 Å². The minimum absolute atomic E-state index is 0.209. The smallest absolute Gasteiger partial charge is 0.335 e. The van der Waals surface area contributed by atoms with Crippen LogP contribution in [0.25, 0.3) is 0 Å². The van der Waals surface area contributed by atoms with Gasteiger partial charge in [0, 0.05) is 31.9 Å². The van der Waals surface area contributed by atoms with E-state index in [0.717, 1.165) is 35.7 Å². The van der Waals surface area contributed by atoms with Crippen LogP contribution in [0.5, 0.6) is 5.75 Å². The summed E-state index contributed by atoms with van der Waals surface area (Å²) < 4.78 is 10.5. The molecule has 0 unspecified atom stereocenters. The van der Waals surface area contributed by atoms with Crippen LogP contribution in [0.3, 0.4) is 0 Å². The highest BCUT2D eigenvalue weighted by Crippen LogP contribution is 2.20. The maximum Gasteiger partial charge on any atom is 0.335 e. The molecule has 5 heteroatoms. The largest absolute Gasteiger partial charge is 0.497 e. The van der Waals surface area contributed by atoms with E-state index in [1.807, 2.05) is 37.3 Å². The van der Waals surface area contributed by atoms with Gasteiger partial charge in [0.15, 0.2) is 0 Å². The van der Waals surface area contributed by atoms with Crippen molar-refractivity contribution in [1.82, 2.24) is 10.2 Å². The number of esters is 1. The van der Waals surface area contributed by atoms with Crippen molar-refractivity contribution in [1.29, 1.82) is 0 Å². The zero-order valence-electron chi connectivity index (χ0n) is 16.6. The van der Waals surface area contributed by atoms with E-state index in [1.165, 1.54) is 5.56 Å². The van der Waals surface area contributed by atoms with Crippen molar-refractivity contribution in [2.24, 2.45) is 0 Å². The summed E-state index contributed by atoms with van der Waals surface area (Å²) in [6.45, 7) is 5.30. The number of hydrogen-bond acceptors (Lipinski definition) is 5. The van der Waals surface area contributed by atoms with Crippen LogP contribution in [0, 0.1) is 0 Å². The van der Waals surface area contributed by atoms with Gasteiger partial charge in [-0.3, -0.25) is 4.90 Å². The minimum Gasteiger partial charge on any atom is -0.497 e. The molecule has 0 amide bonds. The van der Waals surface area contributed by atoms with E-state index in [9.17, 15) is 4.79 Å². The maximum absolute atomic E-state index is 12.4. The average Bonchev–Trinajstić information content (AvgIpc) is 2.73. The van der Waals surface area contributed by atoms with Gasteiger partial charge in [0.2, 0.25) is 0 Å². The van der Waals surface area contributed by atoms with Crippen molar-refractivity contribution < 1.29 is 14.3 Å². The molecule has 2 aromatic rings. The van der Waals surface area contributed by atoms with Crippen molar-refractivity contribution in [3.63, 3.8) is 0 Å². The van der Waals surface area contributed by atoms with Crippen molar-refractivity contribution in [2.45, 2.75) is 26.4 Å². The molecule has 0 spiro atoms. The molecule has 0 saturated heterocycles. The standard InChI is InChI=1S/C23H28N2O3/c1-3-28-23(26)21-13-14-25(16-19-7-5-4-6-8-19)17-22(21)24-15-18-9-11-20(27-2)12-10-18/h4-12,24H,3,13-17H2,1-2H3. The van der Waals surface area contributed by atoms with Crippen LogP contribution in [0.15, 0.2) is 65.9 Å². The van der Waals surface area contributed by atoms with E-state index >= 15 is 0 Å². The van der Waals surface area contributed by atoms with Gasteiger partial charge in [-0.15, -0.1) is 0 Å². The highest BCUT2D eigenvalue weighted by Gasteiger charge is 2.24. The number of methoxy groups -OCH3 is 1. The Morgan fingerprint density at radius 1 is 1.07 bits per heavy atom. The van der Waals surface area contributed by atoms with Gasteiger partial charge in [0.1, 0.15) is 5.75 Å². The molecule has 1 aliphatic rings. The zero-order chi connectivity index (χ0) is 19.8. The molecule has 1 aliphatic heterocycles. The number of ether oxygens (including phenoxy) is 2. The summed E-state index contributed by atoms with van der Waals surface area (Å²) in [5, 5.41) is 3.48. The summed E-state index contributed by atoms with van der Waals surface area (Å²) in [7, 11) is 1.66. The average molecular weight is 380 g/mol. The molecule has 2 aromatic carbocycles. The summed E-state index contributed by atoms with van der Waals surface area (Å²) in [4.78, 5) is 14.8. The van der Waals surface area contributed by atoms with E-state index < -0.39 is 0 Å². The van der Waals surface area contributed by atoms with Gasteiger partial charge in [0.05, 0.1) is 19.3 Å². The number of carbonyl (C=O) groups excluding carboxylic acids is 1. The molecule has 0 bridgehead atoms. The Morgan fingerprint density at radius 2 is 1.82 bits per heavy atom. The fourth-order valence-electron chi connectivity index (χ4n) is 3.35.